The molecule has 0 unspecified atom stereocenters. The van der Waals surface area contributed by atoms with Gasteiger partial charge >= 0.3 is 0 Å². The van der Waals surface area contributed by atoms with E-state index in [9.17, 15) is 4.79 Å². The molecule has 0 bridgehead atoms. The molecule has 2 aromatic rings. The lowest BCUT2D eigenvalue weighted by atomic mass is 10.0. The van der Waals surface area contributed by atoms with Crippen molar-refractivity contribution in [2.45, 2.75) is 44.8 Å². The Kier molecular flexibility index (Phi) is 7.94. The largest absolute Gasteiger partial charge is 0.385 e. The molecule has 25 heavy (non-hydrogen) atoms. The van der Waals surface area contributed by atoms with Crippen LogP contribution >= 0.6 is 11.8 Å². The van der Waals surface area contributed by atoms with Crippen LogP contribution in [0.5, 0.6) is 0 Å². The van der Waals surface area contributed by atoms with Crippen LogP contribution in [0.1, 0.15) is 31.4 Å². The lowest BCUT2D eigenvalue weighted by molar-refractivity contribution is -0.113. The normalized spacial score (nSPS) is 10.8. The number of aryl methyl sites for hydroxylation is 3. The van der Waals surface area contributed by atoms with Gasteiger partial charge in [0.15, 0.2) is 5.16 Å². The van der Waals surface area contributed by atoms with Crippen LogP contribution in [0.2, 0.25) is 0 Å². The molecule has 0 atom stereocenters. The van der Waals surface area contributed by atoms with Crippen LogP contribution < -0.4 is 5.32 Å². The van der Waals surface area contributed by atoms with E-state index in [2.05, 4.69) is 41.5 Å². The van der Waals surface area contributed by atoms with E-state index in [1.807, 2.05) is 10.6 Å². The number of carbonyl (C=O) groups excluding carboxylic acids is 1. The number of amides is 1. The molecule has 0 radical (unpaired) electrons. The highest BCUT2D eigenvalue weighted by Gasteiger charge is 2.12. The molecular formula is C18H26N4O2S. The summed E-state index contributed by atoms with van der Waals surface area (Å²) in [6, 6.07) is 6.17. The number of carbonyl (C=O) groups is 1. The summed E-state index contributed by atoms with van der Waals surface area (Å²) in [5.41, 5.74) is 3.29. The number of thioether (sulfide) groups is 1. The molecule has 1 heterocycles. The number of anilines is 1. The van der Waals surface area contributed by atoms with E-state index in [4.69, 9.17) is 4.74 Å². The first kappa shape index (κ1) is 19.5. The summed E-state index contributed by atoms with van der Waals surface area (Å²) in [5.74, 6) is 0.288. The first-order valence-electron chi connectivity index (χ1n) is 8.59. The number of aromatic nitrogens is 3. The van der Waals surface area contributed by atoms with Crippen molar-refractivity contribution in [2.75, 3.05) is 24.8 Å². The number of rotatable bonds is 10. The lowest BCUT2D eigenvalue weighted by Gasteiger charge is -2.14. The second-order valence-electron chi connectivity index (χ2n) is 5.65. The van der Waals surface area contributed by atoms with Crippen molar-refractivity contribution in [3.63, 3.8) is 0 Å². The Labute approximate surface area is 153 Å². The SMILES string of the molecule is CCc1cccc(CC)c1NC(=O)CSc1nncn1CCCOC. The highest BCUT2D eigenvalue weighted by Crippen LogP contribution is 2.23. The average Bonchev–Trinajstić information content (AvgIpc) is 3.07. The minimum Gasteiger partial charge on any atom is -0.385 e. The highest BCUT2D eigenvalue weighted by atomic mass is 32.2. The van der Waals surface area contributed by atoms with E-state index in [1.54, 1.807) is 13.4 Å². The molecule has 1 aromatic heterocycles. The Balaban J connectivity index is 1.95. The molecule has 0 aliphatic rings. The summed E-state index contributed by atoms with van der Waals surface area (Å²) in [6.07, 6.45) is 4.37. The van der Waals surface area contributed by atoms with Gasteiger partial charge in [-0.3, -0.25) is 4.79 Å². The van der Waals surface area contributed by atoms with Crippen molar-refractivity contribution in [3.05, 3.63) is 35.7 Å². The Morgan fingerprint density at radius 1 is 1.28 bits per heavy atom. The van der Waals surface area contributed by atoms with Crippen LogP contribution in [-0.4, -0.2) is 40.1 Å². The molecule has 1 N–H and O–H groups in total. The van der Waals surface area contributed by atoms with E-state index < -0.39 is 0 Å². The van der Waals surface area contributed by atoms with Crippen LogP contribution in [0.3, 0.4) is 0 Å². The van der Waals surface area contributed by atoms with Gasteiger partial charge < -0.3 is 14.6 Å². The predicted molar refractivity (Wildman–Crippen MR) is 101 cm³/mol. The quantitative estimate of drug-likeness (QED) is 0.519. The maximum absolute atomic E-state index is 12.4. The van der Waals surface area contributed by atoms with Crippen LogP contribution in [0.4, 0.5) is 5.69 Å². The number of hydrogen-bond acceptors (Lipinski definition) is 5. The topological polar surface area (TPSA) is 69.0 Å². The molecule has 0 saturated carbocycles. The third-order valence-electron chi connectivity index (χ3n) is 3.92. The van der Waals surface area contributed by atoms with Gasteiger partial charge in [0, 0.05) is 25.9 Å². The number of ether oxygens (including phenoxy) is 1. The van der Waals surface area contributed by atoms with Crippen molar-refractivity contribution in [3.8, 4) is 0 Å². The molecule has 0 saturated heterocycles. The van der Waals surface area contributed by atoms with Gasteiger partial charge in [0.1, 0.15) is 6.33 Å². The smallest absolute Gasteiger partial charge is 0.234 e. The zero-order valence-electron chi connectivity index (χ0n) is 15.1. The Bertz CT molecular complexity index is 665. The van der Waals surface area contributed by atoms with Crippen LogP contribution in [0.15, 0.2) is 29.7 Å². The van der Waals surface area contributed by atoms with E-state index >= 15 is 0 Å². The van der Waals surface area contributed by atoms with Crippen molar-refractivity contribution >= 4 is 23.4 Å². The van der Waals surface area contributed by atoms with Gasteiger partial charge in [-0.25, -0.2) is 0 Å². The Hall–Kier alpha value is -1.86. The summed E-state index contributed by atoms with van der Waals surface area (Å²) in [5, 5.41) is 11.9. The fourth-order valence-electron chi connectivity index (χ4n) is 2.60. The molecule has 7 heteroatoms. The van der Waals surface area contributed by atoms with Crippen LogP contribution in [0, 0.1) is 0 Å². The zero-order chi connectivity index (χ0) is 18.1. The minimum absolute atomic E-state index is 0.0213. The van der Waals surface area contributed by atoms with Crippen molar-refractivity contribution in [1.29, 1.82) is 0 Å². The summed E-state index contributed by atoms with van der Waals surface area (Å²) in [6.45, 7) is 5.67. The number of nitrogens with one attached hydrogen (secondary N) is 1. The minimum atomic E-state index is -0.0213. The summed E-state index contributed by atoms with van der Waals surface area (Å²) in [7, 11) is 1.69. The molecule has 1 aromatic carbocycles. The zero-order valence-corrected chi connectivity index (χ0v) is 15.9. The molecule has 1 amide bonds. The summed E-state index contributed by atoms with van der Waals surface area (Å²) in [4.78, 5) is 12.4. The fourth-order valence-corrected chi connectivity index (χ4v) is 3.34. The van der Waals surface area contributed by atoms with Crippen LogP contribution in [-0.2, 0) is 28.9 Å². The molecule has 0 aliphatic carbocycles. The molecule has 0 aliphatic heterocycles. The summed E-state index contributed by atoms with van der Waals surface area (Å²) >= 11 is 1.40. The van der Waals surface area contributed by atoms with E-state index in [1.165, 1.54) is 22.9 Å². The Morgan fingerprint density at radius 2 is 2.00 bits per heavy atom. The molecule has 0 spiro atoms. The number of nitrogens with zero attached hydrogens (tertiary/aromatic N) is 3. The lowest BCUT2D eigenvalue weighted by Crippen LogP contribution is -2.17. The molecule has 0 fully saturated rings. The average molecular weight is 362 g/mol. The number of para-hydroxylation sites is 1. The first-order chi connectivity index (χ1) is 12.2. The number of benzene rings is 1. The number of hydrogen-bond donors (Lipinski definition) is 1. The second-order valence-corrected chi connectivity index (χ2v) is 6.59. The van der Waals surface area contributed by atoms with Gasteiger partial charge in [0.05, 0.1) is 5.75 Å². The fraction of sp³-hybridized carbons (Fsp3) is 0.500. The maximum atomic E-state index is 12.4. The van der Waals surface area contributed by atoms with Crippen molar-refractivity contribution < 1.29 is 9.53 Å². The van der Waals surface area contributed by atoms with Crippen molar-refractivity contribution in [2.24, 2.45) is 0 Å². The van der Waals surface area contributed by atoms with E-state index in [0.29, 0.717) is 12.4 Å². The Morgan fingerprint density at radius 3 is 2.64 bits per heavy atom. The van der Waals surface area contributed by atoms with Gasteiger partial charge in [-0.2, -0.15) is 0 Å². The monoisotopic (exact) mass is 362 g/mol. The first-order valence-corrected chi connectivity index (χ1v) is 9.58. The standard InChI is InChI=1S/C18H26N4O2S/c1-4-14-8-6-9-15(5-2)17(14)20-16(23)12-25-18-21-19-13-22(18)10-7-11-24-3/h6,8-9,13H,4-5,7,10-12H2,1-3H3,(H,20,23). The van der Waals surface area contributed by atoms with E-state index in [0.717, 1.165) is 36.7 Å². The highest BCUT2D eigenvalue weighted by molar-refractivity contribution is 7.99. The van der Waals surface area contributed by atoms with Gasteiger partial charge in [-0.05, 0) is 30.4 Å². The van der Waals surface area contributed by atoms with E-state index in [-0.39, 0.29) is 5.91 Å². The molecule has 2 rings (SSSR count). The van der Waals surface area contributed by atoms with Gasteiger partial charge in [-0.1, -0.05) is 43.8 Å². The van der Waals surface area contributed by atoms with Crippen molar-refractivity contribution in [1.82, 2.24) is 14.8 Å². The van der Waals surface area contributed by atoms with Crippen LogP contribution in [0.25, 0.3) is 0 Å². The predicted octanol–water partition coefficient (Wildman–Crippen LogP) is 3.17. The number of methoxy groups -OCH3 is 1. The summed E-state index contributed by atoms with van der Waals surface area (Å²) < 4.78 is 7.02. The molecular weight excluding hydrogens is 336 g/mol. The van der Waals surface area contributed by atoms with Gasteiger partial charge in [0.2, 0.25) is 5.91 Å². The van der Waals surface area contributed by atoms with Gasteiger partial charge in [0.25, 0.3) is 0 Å². The second kappa shape index (κ2) is 10.2. The maximum Gasteiger partial charge on any atom is 0.234 e. The molecule has 6 nitrogen and oxygen atoms in total. The third-order valence-corrected chi connectivity index (χ3v) is 4.90. The molecule has 136 valence electrons. The third kappa shape index (κ3) is 5.57. The van der Waals surface area contributed by atoms with Gasteiger partial charge in [-0.15, -0.1) is 10.2 Å².